The average Bonchev–Trinajstić information content (AvgIpc) is 3.16. The summed E-state index contributed by atoms with van der Waals surface area (Å²) in [5, 5.41) is 2.44. The highest BCUT2D eigenvalue weighted by molar-refractivity contribution is 7.10. The average molecular weight is 370 g/mol. The molecule has 2 aromatic carbocycles. The summed E-state index contributed by atoms with van der Waals surface area (Å²) in [7, 11) is 0. The van der Waals surface area contributed by atoms with Gasteiger partial charge < -0.3 is 4.74 Å². The van der Waals surface area contributed by atoms with Crippen molar-refractivity contribution in [2.45, 2.75) is 6.23 Å². The minimum absolute atomic E-state index is 0.255. The summed E-state index contributed by atoms with van der Waals surface area (Å²) in [6, 6.07) is 17.3. The summed E-state index contributed by atoms with van der Waals surface area (Å²) in [6.07, 6.45) is -0.787. The molecule has 0 radical (unpaired) electrons. The zero-order chi connectivity index (χ0) is 17.4. The lowest BCUT2D eigenvalue weighted by molar-refractivity contribution is 0.0257. The fraction of sp³-hybridized carbons (Fsp3) is 0.0526. The Hall–Kier alpha value is -2.63. The summed E-state index contributed by atoms with van der Waals surface area (Å²) in [4.78, 5) is 27.9. The summed E-state index contributed by atoms with van der Waals surface area (Å²) in [6.45, 7) is 0. The number of hydrogen-bond donors (Lipinski definition) is 0. The summed E-state index contributed by atoms with van der Waals surface area (Å²) < 4.78 is 5.59. The maximum atomic E-state index is 13.2. The molecule has 0 aliphatic carbocycles. The van der Waals surface area contributed by atoms with Crippen LogP contribution in [0.5, 0.6) is 0 Å². The number of fused-ring (bicyclic) bond motifs is 1. The van der Waals surface area contributed by atoms with Crippen molar-refractivity contribution in [1.82, 2.24) is 0 Å². The van der Waals surface area contributed by atoms with E-state index in [1.165, 1.54) is 16.2 Å². The second-order valence-corrected chi connectivity index (χ2v) is 6.89. The fourth-order valence-corrected chi connectivity index (χ4v) is 3.63. The number of nitrogens with zero attached hydrogens (tertiary/aromatic N) is 1. The third kappa shape index (κ3) is 2.81. The molecule has 3 aromatic rings. The Morgan fingerprint density at radius 1 is 1.04 bits per heavy atom. The van der Waals surface area contributed by atoms with Crippen LogP contribution in [0.4, 0.5) is 5.69 Å². The largest absolute Gasteiger partial charge is 0.432 e. The molecule has 25 heavy (non-hydrogen) atoms. The van der Waals surface area contributed by atoms with E-state index in [-0.39, 0.29) is 5.91 Å². The molecule has 0 saturated carbocycles. The van der Waals surface area contributed by atoms with E-state index in [0.717, 1.165) is 4.88 Å². The Bertz CT molecular complexity index is 938. The van der Waals surface area contributed by atoms with Gasteiger partial charge in [0.25, 0.3) is 5.91 Å². The zero-order valence-electron chi connectivity index (χ0n) is 12.9. The molecule has 0 spiro atoms. The van der Waals surface area contributed by atoms with E-state index in [1.54, 1.807) is 48.5 Å². The number of rotatable bonds is 2. The molecule has 1 amide bonds. The number of anilines is 1. The second-order valence-electron chi connectivity index (χ2n) is 5.47. The minimum atomic E-state index is -0.787. The lowest BCUT2D eigenvalue weighted by Crippen LogP contribution is -2.41. The number of carbonyl (C=O) groups excluding carboxylic acids is 2. The molecule has 4 rings (SSSR count). The molecule has 0 N–H and O–H groups in total. The normalized spacial score (nSPS) is 16.3. The number of carbonyl (C=O) groups is 2. The maximum Gasteiger partial charge on any atom is 0.342 e. The van der Waals surface area contributed by atoms with Gasteiger partial charge in [-0.1, -0.05) is 29.8 Å². The monoisotopic (exact) mass is 369 g/mol. The molecule has 124 valence electrons. The van der Waals surface area contributed by atoms with E-state index in [0.29, 0.717) is 21.8 Å². The van der Waals surface area contributed by atoms with E-state index < -0.39 is 12.2 Å². The molecular weight excluding hydrogens is 358 g/mol. The Morgan fingerprint density at radius 3 is 2.52 bits per heavy atom. The number of benzene rings is 2. The number of cyclic esters (lactones) is 1. The number of hydrogen-bond acceptors (Lipinski definition) is 4. The number of halogens is 1. The van der Waals surface area contributed by atoms with Gasteiger partial charge >= 0.3 is 5.97 Å². The number of esters is 1. The molecule has 0 saturated heterocycles. The molecule has 1 aromatic heterocycles. The first-order valence-corrected chi connectivity index (χ1v) is 8.83. The van der Waals surface area contributed by atoms with Gasteiger partial charge in [0, 0.05) is 10.6 Å². The van der Waals surface area contributed by atoms with Crippen molar-refractivity contribution in [3.8, 4) is 0 Å². The van der Waals surface area contributed by atoms with Crippen LogP contribution in [0.1, 0.15) is 31.8 Å². The molecule has 2 heterocycles. The first-order valence-electron chi connectivity index (χ1n) is 7.58. The quantitative estimate of drug-likeness (QED) is 0.602. The molecule has 0 unspecified atom stereocenters. The van der Waals surface area contributed by atoms with Gasteiger partial charge in [-0.15, -0.1) is 11.3 Å². The standard InChI is InChI=1S/C19H12ClNO3S/c20-13-9-7-12(8-10-13)17(22)21-15-5-2-1-4-14(15)19(23)24-18(21)16-6-3-11-25-16/h1-11,18H/t18-/m1/s1. The summed E-state index contributed by atoms with van der Waals surface area (Å²) in [5.41, 5.74) is 1.38. The van der Waals surface area contributed by atoms with Crippen molar-refractivity contribution in [2.24, 2.45) is 0 Å². The highest BCUT2D eigenvalue weighted by Crippen LogP contribution is 2.39. The predicted octanol–water partition coefficient (Wildman–Crippen LogP) is 4.92. The molecule has 0 bridgehead atoms. The topological polar surface area (TPSA) is 46.6 Å². The number of ether oxygens (including phenoxy) is 1. The third-order valence-electron chi connectivity index (χ3n) is 3.93. The third-order valence-corrected chi connectivity index (χ3v) is 5.09. The lowest BCUT2D eigenvalue weighted by atomic mass is 10.1. The van der Waals surface area contributed by atoms with Crippen LogP contribution in [-0.2, 0) is 4.74 Å². The molecule has 1 aliphatic rings. The van der Waals surface area contributed by atoms with Crippen LogP contribution >= 0.6 is 22.9 Å². The molecule has 6 heteroatoms. The summed E-state index contributed by atoms with van der Waals surface area (Å²) >= 11 is 7.35. The van der Waals surface area contributed by atoms with Crippen LogP contribution in [0.2, 0.25) is 5.02 Å². The smallest absolute Gasteiger partial charge is 0.342 e. The minimum Gasteiger partial charge on any atom is -0.432 e. The van der Waals surface area contributed by atoms with E-state index in [9.17, 15) is 9.59 Å². The number of para-hydroxylation sites is 1. The van der Waals surface area contributed by atoms with Gasteiger partial charge in [0.1, 0.15) is 0 Å². The van der Waals surface area contributed by atoms with Crippen LogP contribution in [-0.4, -0.2) is 11.9 Å². The van der Waals surface area contributed by atoms with Crippen molar-refractivity contribution in [3.63, 3.8) is 0 Å². The van der Waals surface area contributed by atoms with Crippen molar-refractivity contribution in [1.29, 1.82) is 0 Å². The predicted molar refractivity (Wildman–Crippen MR) is 97.2 cm³/mol. The number of thiophene rings is 1. The zero-order valence-corrected chi connectivity index (χ0v) is 14.5. The van der Waals surface area contributed by atoms with Crippen molar-refractivity contribution >= 4 is 40.5 Å². The van der Waals surface area contributed by atoms with E-state index in [1.807, 2.05) is 17.5 Å². The van der Waals surface area contributed by atoms with E-state index >= 15 is 0 Å². The maximum absolute atomic E-state index is 13.2. The highest BCUT2D eigenvalue weighted by Gasteiger charge is 2.38. The lowest BCUT2D eigenvalue weighted by Gasteiger charge is -2.35. The van der Waals surface area contributed by atoms with E-state index in [4.69, 9.17) is 16.3 Å². The Kier molecular flexibility index (Phi) is 4.03. The van der Waals surface area contributed by atoms with Gasteiger partial charge in [-0.3, -0.25) is 9.69 Å². The Labute approximate surface area is 153 Å². The molecule has 4 nitrogen and oxygen atoms in total. The highest BCUT2D eigenvalue weighted by atomic mass is 35.5. The Balaban J connectivity index is 1.85. The fourth-order valence-electron chi connectivity index (χ4n) is 2.76. The van der Waals surface area contributed by atoms with Crippen LogP contribution < -0.4 is 4.90 Å². The molecular formula is C19H12ClNO3S. The van der Waals surface area contributed by atoms with Crippen molar-refractivity contribution < 1.29 is 14.3 Å². The molecule has 1 aliphatic heterocycles. The Morgan fingerprint density at radius 2 is 1.80 bits per heavy atom. The van der Waals surface area contributed by atoms with Gasteiger partial charge in [-0.2, -0.15) is 0 Å². The van der Waals surface area contributed by atoms with Gasteiger partial charge in [-0.25, -0.2) is 4.79 Å². The van der Waals surface area contributed by atoms with Gasteiger partial charge in [0.05, 0.1) is 16.1 Å². The summed E-state index contributed by atoms with van der Waals surface area (Å²) in [5.74, 6) is -0.691. The molecule has 0 fully saturated rings. The van der Waals surface area contributed by atoms with E-state index in [2.05, 4.69) is 0 Å². The van der Waals surface area contributed by atoms with Crippen LogP contribution in [0.15, 0.2) is 66.0 Å². The first-order chi connectivity index (χ1) is 12.1. The van der Waals surface area contributed by atoms with Crippen LogP contribution in [0.25, 0.3) is 0 Å². The van der Waals surface area contributed by atoms with Gasteiger partial charge in [-0.05, 0) is 47.8 Å². The number of amides is 1. The first kappa shape index (κ1) is 15.9. The van der Waals surface area contributed by atoms with Crippen molar-refractivity contribution in [2.75, 3.05) is 4.90 Å². The van der Waals surface area contributed by atoms with Crippen molar-refractivity contribution in [3.05, 3.63) is 87.1 Å². The molecule has 1 atom stereocenters. The second kappa shape index (κ2) is 6.35. The van der Waals surface area contributed by atoms with Gasteiger partial charge in [0.2, 0.25) is 6.23 Å². The SMILES string of the molecule is O=C1O[C@H](c2cccs2)N(C(=O)c2ccc(Cl)cc2)c2ccccc21. The van der Waals surface area contributed by atoms with Crippen LogP contribution in [0.3, 0.4) is 0 Å². The van der Waals surface area contributed by atoms with Crippen LogP contribution in [0, 0.1) is 0 Å². The van der Waals surface area contributed by atoms with Gasteiger partial charge in [0.15, 0.2) is 0 Å².